The van der Waals surface area contributed by atoms with Crippen molar-refractivity contribution in [1.29, 1.82) is 0 Å². The molecule has 0 amide bonds. The highest BCUT2D eigenvalue weighted by Crippen LogP contribution is 2.24. The third-order valence-electron chi connectivity index (χ3n) is 3.93. The highest BCUT2D eigenvalue weighted by Gasteiger charge is 2.11. The van der Waals surface area contributed by atoms with Crippen molar-refractivity contribution in [2.75, 3.05) is 7.11 Å². The quantitative estimate of drug-likeness (QED) is 0.260. The number of rotatable bonds is 7. The summed E-state index contributed by atoms with van der Waals surface area (Å²) >= 11 is 1.41. The van der Waals surface area contributed by atoms with Crippen molar-refractivity contribution in [3.05, 3.63) is 87.0 Å². The Morgan fingerprint density at radius 3 is 2.75 bits per heavy atom. The summed E-state index contributed by atoms with van der Waals surface area (Å²) in [6, 6.07) is 14.0. The van der Waals surface area contributed by atoms with Gasteiger partial charge in [0.05, 0.1) is 23.9 Å². The summed E-state index contributed by atoms with van der Waals surface area (Å²) in [6.45, 7) is 4.30. The van der Waals surface area contributed by atoms with Gasteiger partial charge in [-0.05, 0) is 29.8 Å². The van der Waals surface area contributed by atoms with Gasteiger partial charge in [-0.25, -0.2) is 0 Å². The number of hydrogen-bond donors (Lipinski definition) is 0. The Bertz CT molecular complexity index is 1080. The van der Waals surface area contributed by atoms with Gasteiger partial charge >= 0.3 is 0 Å². The molecule has 0 atom stereocenters. The molecular weight excluding hydrogens is 376 g/mol. The van der Waals surface area contributed by atoms with Gasteiger partial charge in [0.1, 0.15) is 5.75 Å². The van der Waals surface area contributed by atoms with E-state index in [9.17, 15) is 10.1 Å². The highest BCUT2D eigenvalue weighted by molar-refractivity contribution is 7.07. The molecule has 0 unspecified atom stereocenters. The van der Waals surface area contributed by atoms with Gasteiger partial charge in [-0.3, -0.25) is 10.1 Å². The van der Waals surface area contributed by atoms with Gasteiger partial charge in [0.2, 0.25) is 4.80 Å². The van der Waals surface area contributed by atoms with E-state index < -0.39 is 4.92 Å². The lowest BCUT2D eigenvalue weighted by Gasteiger charge is -2.06. The molecule has 0 fully saturated rings. The predicted molar refractivity (Wildman–Crippen MR) is 111 cm³/mol. The Labute approximate surface area is 165 Å². The SMILES string of the molecule is C=CCn1c(-c2cccc([N+](=O)[O-])c2)cs/c1=N\N=C/c1ccc(OC)cc1. The first kappa shape index (κ1) is 19.2. The largest absolute Gasteiger partial charge is 0.497 e. The van der Waals surface area contributed by atoms with Crippen LogP contribution < -0.4 is 9.54 Å². The van der Waals surface area contributed by atoms with E-state index >= 15 is 0 Å². The maximum Gasteiger partial charge on any atom is 0.270 e. The molecule has 0 radical (unpaired) electrons. The van der Waals surface area contributed by atoms with Crippen molar-refractivity contribution in [2.45, 2.75) is 6.54 Å². The van der Waals surface area contributed by atoms with Crippen LogP contribution in [0.25, 0.3) is 11.3 Å². The van der Waals surface area contributed by atoms with Crippen LogP contribution in [0, 0.1) is 10.1 Å². The van der Waals surface area contributed by atoms with Crippen LogP contribution in [0.4, 0.5) is 5.69 Å². The molecule has 0 spiro atoms. The fraction of sp³-hybridized carbons (Fsp3) is 0.100. The number of allylic oxidation sites excluding steroid dienone is 1. The summed E-state index contributed by atoms with van der Waals surface area (Å²) in [5.74, 6) is 0.776. The van der Waals surface area contributed by atoms with Crippen LogP contribution in [0.3, 0.4) is 0 Å². The minimum atomic E-state index is -0.405. The number of non-ortho nitro benzene ring substituents is 1. The average molecular weight is 394 g/mol. The van der Waals surface area contributed by atoms with Crippen LogP contribution in [0.1, 0.15) is 5.56 Å². The molecule has 0 N–H and O–H groups in total. The normalized spacial score (nSPS) is 11.7. The number of ether oxygens (including phenoxy) is 1. The molecule has 1 aromatic heterocycles. The number of nitro groups is 1. The standard InChI is InChI=1S/C20H18N4O3S/c1-3-11-23-19(16-5-4-6-17(12-16)24(25)26)14-28-20(23)22-21-13-15-7-9-18(27-2)10-8-15/h3-10,12-14H,1,11H2,2H3/b21-13-,22-20-. The van der Waals surface area contributed by atoms with Crippen LogP contribution in [0.15, 0.2) is 76.8 Å². The van der Waals surface area contributed by atoms with Gasteiger partial charge < -0.3 is 9.30 Å². The van der Waals surface area contributed by atoms with Gasteiger partial charge in [-0.15, -0.1) is 23.0 Å². The van der Waals surface area contributed by atoms with Crippen molar-refractivity contribution >= 4 is 23.2 Å². The zero-order valence-corrected chi connectivity index (χ0v) is 16.0. The molecule has 0 aliphatic rings. The Morgan fingerprint density at radius 1 is 1.29 bits per heavy atom. The van der Waals surface area contributed by atoms with E-state index in [1.165, 1.54) is 17.4 Å². The van der Waals surface area contributed by atoms with Crippen molar-refractivity contribution < 1.29 is 9.66 Å². The second kappa shape index (κ2) is 8.92. The number of nitrogens with zero attached hydrogens (tertiary/aromatic N) is 4. The number of thiazole rings is 1. The topological polar surface area (TPSA) is 82.0 Å². The maximum absolute atomic E-state index is 11.1. The summed E-state index contributed by atoms with van der Waals surface area (Å²) in [5.41, 5.74) is 2.51. The van der Waals surface area contributed by atoms with Crippen LogP contribution in [-0.2, 0) is 6.54 Å². The molecule has 3 rings (SSSR count). The monoisotopic (exact) mass is 394 g/mol. The molecule has 142 valence electrons. The first-order valence-corrected chi connectivity index (χ1v) is 9.25. The molecule has 1 heterocycles. The zero-order chi connectivity index (χ0) is 19.9. The summed E-state index contributed by atoms with van der Waals surface area (Å²) in [6.07, 6.45) is 3.41. The molecular formula is C20H18N4O3S. The zero-order valence-electron chi connectivity index (χ0n) is 15.2. The smallest absolute Gasteiger partial charge is 0.270 e. The predicted octanol–water partition coefficient (Wildman–Crippen LogP) is 4.25. The maximum atomic E-state index is 11.1. The molecule has 0 bridgehead atoms. The molecule has 0 aliphatic carbocycles. The molecule has 8 heteroatoms. The van der Waals surface area contributed by atoms with Gasteiger partial charge in [-0.1, -0.05) is 18.2 Å². The Balaban J connectivity index is 1.94. The minimum absolute atomic E-state index is 0.0462. The molecule has 3 aromatic rings. The van der Waals surface area contributed by atoms with Crippen LogP contribution >= 0.6 is 11.3 Å². The second-order valence-corrected chi connectivity index (χ2v) is 6.56. The van der Waals surface area contributed by atoms with Crippen LogP contribution in [-0.4, -0.2) is 22.8 Å². The minimum Gasteiger partial charge on any atom is -0.497 e. The third-order valence-corrected chi connectivity index (χ3v) is 4.78. The fourth-order valence-corrected chi connectivity index (χ4v) is 3.43. The number of aromatic nitrogens is 1. The molecule has 0 saturated heterocycles. The molecule has 2 aromatic carbocycles. The summed E-state index contributed by atoms with van der Waals surface area (Å²) in [7, 11) is 1.62. The van der Waals surface area contributed by atoms with Gasteiger partial charge in [0.15, 0.2) is 0 Å². The third kappa shape index (κ3) is 4.41. The Hall–Kier alpha value is -3.52. The number of hydrogen-bond acceptors (Lipinski definition) is 6. The number of methoxy groups -OCH3 is 1. The molecule has 7 nitrogen and oxygen atoms in total. The van der Waals surface area contributed by atoms with E-state index in [1.807, 2.05) is 40.3 Å². The summed E-state index contributed by atoms with van der Waals surface area (Å²) < 4.78 is 7.05. The van der Waals surface area contributed by atoms with E-state index in [0.29, 0.717) is 11.3 Å². The van der Waals surface area contributed by atoms with Gasteiger partial charge in [-0.2, -0.15) is 5.10 Å². The Kier molecular flexibility index (Phi) is 6.13. The molecule has 0 saturated carbocycles. The lowest BCUT2D eigenvalue weighted by atomic mass is 10.1. The van der Waals surface area contributed by atoms with Crippen LogP contribution in [0.2, 0.25) is 0 Å². The summed E-state index contributed by atoms with van der Waals surface area (Å²) in [5, 5.41) is 21.4. The lowest BCUT2D eigenvalue weighted by Crippen LogP contribution is -2.14. The first-order valence-electron chi connectivity index (χ1n) is 8.37. The number of nitro benzene ring substituents is 1. The van der Waals surface area contributed by atoms with Crippen molar-refractivity contribution in [2.24, 2.45) is 10.2 Å². The van der Waals surface area contributed by atoms with Crippen molar-refractivity contribution in [1.82, 2.24) is 4.57 Å². The fourth-order valence-electron chi connectivity index (χ4n) is 2.56. The molecule has 0 aliphatic heterocycles. The molecule has 28 heavy (non-hydrogen) atoms. The van der Waals surface area contributed by atoms with Crippen molar-refractivity contribution in [3.63, 3.8) is 0 Å². The van der Waals surface area contributed by atoms with Gasteiger partial charge in [0.25, 0.3) is 5.69 Å². The van der Waals surface area contributed by atoms with Gasteiger partial charge in [0, 0.05) is 29.6 Å². The van der Waals surface area contributed by atoms with Crippen molar-refractivity contribution in [3.8, 4) is 17.0 Å². The van der Waals surface area contributed by atoms with E-state index in [0.717, 1.165) is 22.6 Å². The average Bonchev–Trinajstić information content (AvgIpc) is 3.11. The second-order valence-electron chi connectivity index (χ2n) is 5.73. The van der Waals surface area contributed by atoms with E-state index in [-0.39, 0.29) is 5.69 Å². The Morgan fingerprint density at radius 2 is 2.07 bits per heavy atom. The first-order chi connectivity index (χ1) is 13.6. The summed E-state index contributed by atoms with van der Waals surface area (Å²) in [4.78, 5) is 11.3. The highest BCUT2D eigenvalue weighted by atomic mass is 32.1. The number of benzene rings is 2. The lowest BCUT2D eigenvalue weighted by molar-refractivity contribution is -0.384. The van der Waals surface area contributed by atoms with Crippen LogP contribution in [0.5, 0.6) is 5.75 Å². The van der Waals surface area contributed by atoms with E-state index in [2.05, 4.69) is 16.8 Å². The van der Waals surface area contributed by atoms with E-state index in [4.69, 9.17) is 4.74 Å². The van der Waals surface area contributed by atoms with E-state index in [1.54, 1.807) is 31.5 Å².